The summed E-state index contributed by atoms with van der Waals surface area (Å²) in [5.41, 5.74) is 9.17. The molecule has 1 atom stereocenters. The van der Waals surface area contributed by atoms with Crippen LogP contribution in [0.4, 0.5) is 26.0 Å². The molecule has 0 bridgehead atoms. The van der Waals surface area contributed by atoms with Gasteiger partial charge in [0.05, 0.1) is 10.8 Å². The molecular formula is C24H23F2N5OS. The Labute approximate surface area is 194 Å². The molecule has 1 saturated heterocycles. The van der Waals surface area contributed by atoms with E-state index >= 15 is 0 Å². The lowest BCUT2D eigenvalue weighted by molar-refractivity contribution is -0.123. The number of rotatable bonds is 4. The number of hydrogen-bond acceptors (Lipinski definition) is 6. The van der Waals surface area contributed by atoms with E-state index < -0.39 is 5.82 Å². The van der Waals surface area contributed by atoms with Crippen molar-refractivity contribution in [3.05, 3.63) is 65.9 Å². The fourth-order valence-corrected chi connectivity index (χ4v) is 4.95. The van der Waals surface area contributed by atoms with Crippen molar-refractivity contribution in [2.45, 2.75) is 24.3 Å². The maximum Gasteiger partial charge on any atom is 0.233 e. The first-order valence-corrected chi connectivity index (χ1v) is 11.5. The Morgan fingerprint density at radius 1 is 1.12 bits per heavy atom. The van der Waals surface area contributed by atoms with Crippen molar-refractivity contribution in [1.29, 1.82) is 0 Å². The quantitative estimate of drug-likeness (QED) is 0.564. The molecule has 0 aliphatic carbocycles. The Bertz CT molecular complexity index is 1230. The minimum Gasteiger partial charge on any atom is -0.384 e. The van der Waals surface area contributed by atoms with Crippen molar-refractivity contribution >= 4 is 35.0 Å². The normalized spacial score (nSPS) is 17.8. The van der Waals surface area contributed by atoms with Gasteiger partial charge in [0, 0.05) is 48.3 Å². The number of amides is 1. The number of fused-ring (bicyclic) bond motifs is 1. The molecule has 5 rings (SSSR count). The predicted octanol–water partition coefficient (Wildman–Crippen LogP) is 3.99. The van der Waals surface area contributed by atoms with Gasteiger partial charge in [0.25, 0.3) is 0 Å². The molecule has 3 heterocycles. The van der Waals surface area contributed by atoms with Gasteiger partial charge in [-0.05, 0) is 60.7 Å². The van der Waals surface area contributed by atoms with E-state index in [-0.39, 0.29) is 29.5 Å². The van der Waals surface area contributed by atoms with Crippen molar-refractivity contribution in [2.24, 2.45) is 11.1 Å². The lowest BCUT2D eigenvalue weighted by Crippen LogP contribution is -2.55. The first-order valence-electron chi connectivity index (χ1n) is 10.6. The van der Waals surface area contributed by atoms with E-state index in [1.54, 1.807) is 11.0 Å². The van der Waals surface area contributed by atoms with Crippen LogP contribution >= 0.6 is 11.9 Å². The number of carbonyl (C=O) groups is 1. The molecule has 1 aromatic heterocycles. The molecule has 2 aliphatic heterocycles. The molecule has 4 N–H and O–H groups in total. The summed E-state index contributed by atoms with van der Waals surface area (Å²) in [7, 11) is 0. The number of benzene rings is 2. The Balaban J connectivity index is 1.28. The summed E-state index contributed by atoms with van der Waals surface area (Å²) in [5, 5.41) is 5.58. The van der Waals surface area contributed by atoms with Gasteiger partial charge >= 0.3 is 0 Å². The van der Waals surface area contributed by atoms with Gasteiger partial charge in [-0.2, -0.15) is 0 Å². The number of nitrogens with two attached hydrogens (primary N) is 2. The van der Waals surface area contributed by atoms with Gasteiger partial charge in [0.15, 0.2) is 0 Å². The van der Waals surface area contributed by atoms with Crippen LogP contribution in [0, 0.1) is 17.6 Å². The summed E-state index contributed by atoms with van der Waals surface area (Å²) < 4.78 is 28.3. The average Bonchev–Trinajstić information content (AvgIpc) is 3.07. The third kappa shape index (κ3) is 3.81. The van der Waals surface area contributed by atoms with Crippen LogP contribution in [-0.2, 0) is 11.2 Å². The largest absolute Gasteiger partial charge is 0.384 e. The number of nitrogens with zero attached hydrogens (tertiary/aromatic N) is 3. The summed E-state index contributed by atoms with van der Waals surface area (Å²) in [6, 6.07) is 11.8. The molecule has 0 spiro atoms. The highest BCUT2D eigenvalue weighted by Gasteiger charge is 2.40. The number of carbonyl (C=O) groups excluding carboxylic acids is 1. The van der Waals surface area contributed by atoms with Gasteiger partial charge in [-0.15, -0.1) is 0 Å². The van der Waals surface area contributed by atoms with E-state index in [1.165, 1.54) is 18.3 Å². The van der Waals surface area contributed by atoms with Crippen LogP contribution in [0.1, 0.15) is 12.5 Å². The third-order valence-electron chi connectivity index (χ3n) is 6.36. The standard InChI is InChI=1S/C24H23F2N5OS/c1-13-6-15-7-20(26)22(33-28)9-21(15)31(13)24(32)16-11-30(12-16)17-4-2-14(3-5-17)18-10-29-23(27)8-19(18)25/h2-5,7-10,13,16H,6,11-12,28H2,1H3,(H2,27,29). The molecular weight excluding hydrogens is 444 g/mol. The van der Waals surface area contributed by atoms with Crippen molar-refractivity contribution in [3.8, 4) is 11.1 Å². The molecule has 9 heteroatoms. The van der Waals surface area contributed by atoms with Crippen molar-refractivity contribution in [1.82, 2.24) is 4.98 Å². The number of nitrogen functional groups attached to an aromatic ring is 1. The summed E-state index contributed by atoms with van der Waals surface area (Å²) in [6.45, 7) is 3.16. The van der Waals surface area contributed by atoms with Gasteiger partial charge in [-0.25, -0.2) is 13.8 Å². The Morgan fingerprint density at radius 3 is 2.52 bits per heavy atom. The van der Waals surface area contributed by atoms with Crippen molar-refractivity contribution in [3.63, 3.8) is 0 Å². The summed E-state index contributed by atoms with van der Waals surface area (Å²) in [5.74, 6) is -0.724. The topological polar surface area (TPSA) is 88.5 Å². The van der Waals surface area contributed by atoms with Crippen LogP contribution in [0.25, 0.3) is 11.1 Å². The highest BCUT2D eigenvalue weighted by Crippen LogP contribution is 2.38. The second kappa shape index (κ2) is 8.31. The predicted molar refractivity (Wildman–Crippen MR) is 127 cm³/mol. The monoisotopic (exact) mass is 467 g/mol. The zero-order chi connectivity index (χ0) is 23.3. The second-order valence-electron chi connectivity index (χ2n) is 8.53. The lowest BCUT2D eigenvalue weighted by Gasteiger charge is -2.42. The molecule has 6 nitrogen and oxygen atoms in total. The van der Waals surface area contributed by atoms with E-state index in [0.717, 1.165) is 28.9 Å². The molecule has 0 radical (unpaired) electrons. The van der Waals surface area contributed by atoms with Crippen molar-refractivity contribution < 1.29 is 13.6 Å². The SMILES string of the molecule is CC1Cc2cc(F)c(SN)cc2N1C(=O)C1CN(c2ccc(-c3cnc(N)cc3F)cc2)C1. The van der Waals surface area contributed by atoms with Crippen LogP contribution in [0.5, 0.6) is 0 Å². The highest BCUT2D eigenvalue weighted by atomic mass is 32.2. The number of hydrogen-bond donors (Lipinski definition) is 2. The molecule has 3 aromatic rings. The maximum absolute atomic E-state index is 14.2. The highest BCUT2D eigenvalue weighted by molar-refractivity contribution is 7.97. The Kier molecular flexibility index (Phi) is 5.46. The summed E-state index contributed by atoms with van der Waals surface area (Å²) >= 11 is 0.848. The molecule has 0 saturated carbocycles. The van der Waals surface area contributed by atoms with Gasteiger partial charge in [-0.3, -0.25) is 9.93 Å². The van der Waals surface area contributed by atoms with Crippen molar-refractivity contribution in [2.75, 3.05) is 28.6 Å². The van der Waals surface area contributed by atoms with Crippen LogP contribution in [0.2, 0.25) is 0 Å². The molecule has 1 amide bonds. The van der Waals surface area contributed by atoms with Gasteiger partial charge < -0.3 is 15.5 Å². The first-order chi connectivity index (χ1) is 15.9. The van der Waals surface area contributed by atoms with Gasteiger partial charge in [0.2, 0.25) is 5.91 Å². The molecule has 1 unspecified atom stereocenters. The van der Waals surface area contributed by atoms with Crippen LogP contribution in [0.15, 0.2) is 53.6 Å². The van der Waals surface area contributed by atoms with E-state index in [2.05, 4.69) is 9.88 Å². The van der Waals surface area contributed by atoms with Gasteiger partial charge in [-0.1, -0.05) is 12.1 Å². The third-order valence-corrected chi connectivity index (χ3v) is 6.93. The van der Waals surface area contributed by atoms with E-state index in [1.807, 2.05) is 31.2 Å². The maximum atomic E-state index is 14.2. The smallest absolute Gasteiger partial charge is 0.233 e. The number of halogens is 2. The van der Waals surface area contributed by atoms with Crippen LogP contribution < -0.4 is 20.7 Å². The molecule has 2 aromatic carbocycles. The fraction of sp³-hybridized carbons (Fsp3) is 0.250. The molecule has 1 fully saturated rings. The van der Waals surface area contributed by atoms with Gasteiger partial charge in [0.1, 0.15) is 17.5 Å². The van der Waals surface area contributed by atoms with E-state index in [9.17, 15) is 13.6 Å². The van der Waals surface area contributed by atoms with E-state index in [4.69, 9.17) is 10.9 Å². The molecule has 2 aliphatic rings. The number of anilines is 3. The molecule has 33 heavy (non-hydrogen) atoms. The summed E-state index contributed by atoms with van der Waals surface area (Å²) in [4.78, 5) is 21.5. The number of aromatic nitrogens is 1. The minimum absolute atomic E-state index is 0.0262. The lowest BCUT2D eigenvalue weighted by atomic mass is 9.96. The minimum atomic E-state index is -0.416. The second-order valence-corrected chi connectivity index (χ2v) is 9.20. The zero-order valence-electron chi connectivity index (χ0n) is 18.0. The fourth-order valence-electron chi connectivity index (χ4n) is 4.60. The summed E-state index contributed by atoms with van der Waals surface area (Å²) in [6.07, 6.45) is 2.05. The van der Waals surface area contributed by atoms with E-state index in [0.29, 0.717) is 35.5 Å². The van der Waals surface area contributed by atoms with Crippen LogP contribution in [-0.4, -0.2) is 30.0 Å². The first kappa shape index (κ1) is 21.7. The number of pyridine rings is 1. The average molecular weight is 468 g/mol. The zero-order valence-corrected chi connectivity index (χ0v) is 18.8. The van der Waals surface area contributed by atoms with Crippen LogP contribution in [0.3, 0.4) is 0 Å². The Hall–Kier alpha value is -3.17. The Morgan fingerprint density at radius 2 is 1.85 bits per heavy atom. The molecule has 170 valence electrons.